The first-order valence-corrected chi connectivity index (χ1v) is 18.2. The highest BCUT2D eigenvalue weighted by molar-refractivity contribution is 8.82. The van der Waals surface area contributed by atoms with Crippen molar-refractivity contribution in [3.63, 3.8) is 0 Å². The third kappa shape index (κ3) is 5.22. The van der Waals surface area contributed by atoms with Gasteiger partial charge < -0.3 is 29.2 Å². The Labute approximate surface area is 283 Å². The predicted octanol–water partition coefficient (Wildman–Crippen LogP) is 4.96. The summed E-state index contributed by atoms with van der Waals surface area (Å²) in [5, 5.41) is 14.8. The van der Waals surface area contributed by atoms with Crippen LogP contribution < -0.4 is 10.9 Å². The highest BCUT2D eigenvalue weighted by atomic mass is 33.1. The lowest BCUT2D eigenvalue weighted by molar-refractivity contribution is -0.172. The minimum absolute atomic E-state index is 0.00389. The summed E-state index contributed by atoms with van der Waals surface area (Å²) in [4.78, 5) is 57.3. The number of aliphatic hydroxyl groups is 1. The van der Waals surface area contributed by atoms with Gasteiger partial charge in [0.15, 0.2) is 5.60 Å². The lowest BCUT2D eigenvalue weighted by atomic mass is 9.81. The molecular formula is C34H36FN3O8S2. The third-order valence-electron chi connectivity index (χ3n) is 9.77. The average Bonchev–Trinajstić information content (AvgIpc) is 3.64. The summed E-state index contributed by atoms with van der Waals surface area (Å²) in [6, 6.07) is 2.44. The molecule has 0 radical (unpaired) electrons. The molecule has 1 aliphatic carbocycles. The van der Waals surface area contributed by atoms with Crippen LogP contribution in [-0.4, -0.2) is 56.4 Å². The standard InChI is InChI=1S/C34H36FN3O8S2/c1-6-34(43)19-9-23-28-17(11-38(23)29(39)18(19)12-45-30(34)40)27-21(8-7-16-15(2)20(35)10-22(36-28)26(16)27)37-32(42)46-24-13-44-14-25(24)47-48-31(41)33(3,4)5/h9-10,21,24-25,43H,6-8,11-14H2,1-5H3,(H,37,42)/t21-,24-,25-,34-/m0/s1. The Bertz CT molecular complexity index is 1970. The number of aromatic nitrogens is 2. The Morgan fingerprint density at radius 3 is 2.71 bits per heavy atom. The molecule has 11 nitrogen and oxygen atoms in total. The molecule has 4 aliphatic rings. The maximum atomic E-state index is 15.2. The van der Waals surface area contributed by atoms with Gasteiger partial charge in [0.05, 0.1) is 53.5 Å². The molecule has 14 heteroatoms. The van der Waals surface area contributed by atoms with Crippen LogP contribution in [0.3, 0.4) is 0 Å². The zero-order chi connectivity index (χ0) is 34.3. The first-order valence-electron chi connectivity index (χ1n) is 16.0. The second kappa shape index (κ2) is 11.9. The van der Waals surface area contributed by atoms with Crippen LogP contribution in [0.25, 0.3) is 22.3 Å². The number of esters is 1. The second-order valence-corrected chi connectivity index (χ2v) is 16.2. The van der Waals surface area contributed by atoms with Gasteiger partial charge in [0, 0.05) is 28.0 Å². The maximum absolute atomic E-state index is 15.2. The van der Waals surface area contributed by atoms with E-state index < -0.39 is 46.6 Å². The Morgan fingerprint density at radius 1 is 1.21 bits per heavy atom. The molecule has 0 saturated carbocycles. The van der Waals surface area contributed by atoms with E-state index in [9.17, 15) is 24.3 Å². The van der Waals surface area contributed by atoms with Crippen molar-refractivity contribution in [2.45, 2.75) is 90.0 Å². The van der Waals surface area contributed by atoms with Gasteiger partial charge in [0.2, 0.25) is 5.12 Å². The first-order chi connectivity index (χ1) is 22.7. The van der Waals surface area contributed by atoms with Crippen LogP contribution in [0.5, 0.6) is 0 Å². The fourth-order valence-corrected chi connectivity index (χ4v) is 9.75. The van der Waals surface area contributed by atoms with Crippen LogP contribution in [0.15, 0.2) is 16.9 Å². The van der Waals surface area contributed by atoms with E-state index in [1.807, 2.05) is 20.8 Å². The number of cyclic esters (lactones) is 1. The number of amides is 1. The topological polar surface area (TPSA) is 146 Å². The Hall–Kier alpha value is -3.46. The summed E-state index contributed by atoms with van der Waals surface area (Å²) in [7, 11) is 2.48. The molecule has 0 unspecified atom stereocenters. The zero-order valence-electron chi connectivity index (χ0n) is 27.2. The molecule has 2 N–H and O–H groups in total. The lowest BCUT2D eigenvalue weighted by Crippen LogP contribution is -2.44. The van der Waals surface area contributed by atoms with Gasteiger partial charge >= 0.3 is 12.1 Å². The number of carbonyl (C=O) groups is 3. The largest absolute Gasteiger partial charge is 0.458 e. The van der Waals surface area contributed by atoms with Gasteiger partial charge in [-0.15, -0.1) is 0 Å². The van der Waals surface area contributed by atoms with Crippen LogP contribution in [0.1, 0.15) is 80.0 Å². The fourth-order valence-electron chi connectivity index (χ4n) is 6.96. The molecule has 5 heterocycles. The quantitative estimate of drug-likeness (QED) is 0.216. The molecule has 3 aliphatic heterocycles. The highest BCUT2D eigenvalue weighted by Crippen LogP contribution is 2.46. The first kappa shape index (κ1) is 33.1. The molecular weight excluding hydrogens is 662 g/mol. The van der Waals surface area contributed by atoms with Crippen molar-refractivity contribution in [3.05, 3.63) is 61.7 Å². The van der Waals surface area contributed by atoms with Gasteiger partial charge in [0.25, 0.3) is 5.56 Å². The molecule has 3 aromatic rings. The van der Waals surface area contributed by atoms with E-state index in [0.29, 0.717) is 47.5 Å². The van der Waals surface area contributed by atoms with Gasteiger partial charge in [-0.3, -0.25) is 9.59 Å². The van der Waals surface area contributed by atoms with Crippen molar-refractivity contribution < 1.29 is 38.1 Å². The van der Waals surface area contributed by atoms with Crippen LogP contribution in [0, 0.1) is 18.2 Å². The van der Waals surface area contributed by atoms with E-state index >= 15 is 4.39 Å². The molecule has 2 aromatic heterocycles. The Balaban J connectivity index is 1.25. The number of nitrogens with zero attached hydrogens (tertiary/aromatic N) is 2. The predicted molar refractivity (Wildman–Crippen MR) is 178 cm³/mol. The van der Waals surface area contributed by atoms with Gasteiger partial charge in [-0.1, -0.05) is 38.5 Å². The lowest BCUT2D eigenvalue weighted by Gasteiger charge is -2.31. The number of halogens is 1. The number of hydrogen-bond acceptors (Lipinski definition) is 11. The number of aryl methyl sites for hydroxylation is 1. The number of benzene rings is 1. The van der Waals surface area contributed by atoms with E-state index in [1.165, 1.54) is 21.4 Å². The minimum atomic E-state index is -1.99. The number of rotatable bonds is 5. The Kier molecular flexibility index (Phi) is 8.16. The average molecular weight is 698 g/mol. The summed E-state index contributed by atoms with van der Waals surface area (Å²) < 4.78 is 33.4. The van der Waals surface area contributed by atoms with Gasteiger partial charge in [-0.25, -0.2) is 19.0 Å². The van der Waals surface area contributed by atoms with E-state index in [0.717, 1.165) is 27.3 Å². The van der Waals surface area contributed by atoms with Gasteiger partial charge in [-0.2, -0.15) is 0 Å². The smallest absolute Gasteiger partial charge is 0.408 e. The number of ether oxygens (including phenoxy) is 3. The molecule has 254 valence electrons. The van der Waals surface area contributed by atoms with Crippen molar-refractivity contribution in [1.29, 1.82) is 0 Å². The highest BCUT2D eigenvalue weighted by Gasteiger charge is 2.46. The molecule has 0 spiro atoms. The fraction of sp³-hybridized carbons (Fsp3) is 0.500. The number of hydrogen-bond donors (Lipinski definition) is 2. The van der Waals surface area contributed by atoms with Crippen molar-refractivity contribution in [2.75, 3.05) is 13.2 Å². The third-order valence-corrected chi connectivity index (χ3v) is 12.8. The van der Waals surface area contributed by atoms with Crippen LogP contribution in [0.2, 0.25) is 0 Å². The minimum Gasteiger partial charge on any atom is -0.458 e. The molecule has 1 amide bonds. The molecule has 48 heavy (non-hydrogen) atoms. The molecule has 1 fully saturated rings. The number of nitrogens with one attached hydrogen (secondary N) is 1. The summed E-state index contributed by atoms with van der Waals surface area (Å²) in [6.45, 7) is 9.33. The van der Waals surface area contributed by atoms with E-state index in [4.69, 9.17) is 19.2 Å². The van der Waals surface area contributed by atoms with Crippen molar-refractivity contribution in [1.82, 2.24) is 14.9 Å². The SMILES string of the molecule is CC[C@@]1(O)C(=O)OCc2c1cc1n(c2=O)Cc2c-1nc1cc(F)c(C)c3c1c2[C@@H](NC(=O)O[C@H]1COC[C@@H]1SSC(=O)C(C)(C)C)CC3. The molecule has 0 bridgehead atoms. The van der Waals surface area contributed by atoms with E-state index in [1.54, 1.807) is 19.9 Å². The molecule has 1 saturated heterocycles. The summed E-state index contributed by atoms with van der Waals surface area (Å²) in [5.41, 5.74) is 1.40. The van der Waals surface area contributed by atoms with Crippen LogP contribution >= 0.6 is 21.6 Å². The van der Waals surface area contributed by atoms with Crippen molar-refractivity contribution in [3.8, 4) is 11.4 Å². The Morgan fingerprint density at radius 2 is 1.98 bits per heavy atom. The molecule has 4 atom stereocenters. The summed E-state index contributed by atoms with van der Waals surface area (Å²) in [6.07, 6.45) is -0.279. The normalized spacial score (nSPS) is 24.1. The van der Waals surface area contributed by atoms with E-state index in [2.05, 4.69) is 5.32 Å². The van der Waals surface area contributed by atoms with Crippen LogP contribution in [-0.2, 0) is 49.0 Å². The number of alkyl carbamates (subject to hydrolysis) is 1. The molecule has 1 aromatic carbocycles. The second-order valence-electron chi connectivity index (χ2n) is 13.8. The number of fused-ring (bicyclic) bond motifs is 5. The van der Waals surface area contributed by atoms with Gasteiger partial charge in [-0.05, 0) is 59.7 Å². The van der Waals surface area contributed by atoms with Crippen molar-refractivity contribution >= 4 is 49.7 Å². The zero-order valence-corrected chi connectivity index (χ0v) is 28.9. The summed E-state index contributed by atoms with van der Waals surface area (Å²) in [5.74, 6) is -1.22. The summed E-state index contributed by atoms with van der Waals surface area (Å²) >= 11 is 0. The van der Waals surface area contributed by atoms with Crippen LogP contribution in [0.4, 0.5) is 9.18 Å². The van der Waals surface area contributed by atoms with Gasteiger partial charge in [0.1, 0.15) is 18.5 Å². The van der Waals surface area contributed by atoms with Crippen molar-refractivity contribution in [2.24, 2.45) is 5.41 Å². The maximum Gasteiger partial charge on any atom is 0.408 e. The van der Waals surface area contributed by atoms with E-state index in [-0.39, 0.29) is 47.7 Å². The monoisotopic (exact) mass is 697 g/mol. The number of carbonyl (C=O) groups excluding carboxylic acids is 3. The molecule has 7 rings (SSSR count). The number of pyridine rings is 2.